The zero-order valence-electron chi connectivity index (χ0n) is 8.19. The van der Waals surface area contributed by atoms with E-state index in [2.05, 4.69) is 5.32 Å². The molecule has 0 heterocycles. The van der Waals surface area contributed by atoms with Gasteiger partial charge >= 0.3 is 0 Å². The summed E-state index contributed by atoms with van der Waals surface area (Å²) < 4.78 is 0. The van der Waals surface area contributed by atoms with Crippen LogP contribution < -0.4 is 16.8 Å². The summed E-state index contributed by atoms with van der Waals surface area (Å²) in [5.74, 6) is -0.0112. The fourth-order valence-corrected chi connectivity index (χ4v) is 0.990. The Bertz CT molecular complexity index is 287. The molecule has 4 nitrogen and oxygen atoms in total. The second-order valence-corrected chi connectivity index (χ2v) is 2.79. The van der Waals surface area contributed by atoms with Crippen molar-refractivity contribution in [3.05, 3.63) is 35.4 Å². The second kappa shape index (κ2) is 8.35. The van der Waals surface area contributed by atoms with Crippen LogP contribution in [0.5, 0.6) is 0 Å². The Morgan fingerprint density at radius 1 is 1.13 bits per heavy atom. The lowest BCUT2D eigenvalue weighted by Crippen LogP contribution is -2.29. The van der Waals surface area contributed by atoms with Crippen molar-refractivity contribution in [3.63, 3.8) is 0 Å². The van der Waals surface area contributed by atoms with Gasteiger partial charge in [0.15, 0.2) is 5.96 Å². The molecule has 6 N–H and O–H groups in total. The van der Waals surface area contributed by atoms with Crippen LogP contribution in [0.3, 0.4) is 0 Å². The minimum Gasteiger partial charge on any atom is -0.370 e. The molecule has 0 aromatic heterocycles. The normalized spacial score (nSPS) is 8.33. The molecular formula is C9H16Cl2N4. The molecule has 6 heteroatoms. The van der Waals surface area contributed by atoms with E-state index in [0.29, 0.717) is 13.1 Å². The van der Waals surface area contributed by atoms with Gasteiger partial charge in [-0.1, -0.05) is 24.3 Å². The SMILES string of the molecule is Cl.Cl.N=C(N)NCc1ccc(CN)cc1. The van der Waals surface area contributed by atoms with Gasteiger partial charge in [0.1, 0.15) is 0 Å². The fourth-order valence-electron chi connectivity index (χ4n) is 0.990. The van der Waals surface area contributed by atoms with E-state index in [1.54, 1.807) is 0 Å². The van der Waals surface area contributed by atoms with E-state index in [1.165, 1.54) is 0 Å². The van der Waals surface area contributed by atoms with Crippen molar-refractivity contribution in [2.75, 3.05) is 0 Å². The van der Waals surface area contributed by atoms with Crippen molar-refractivity contribution in [1.29, 1.82) is 5.41 Å². The maximum absolute atomic E-state index is 6.97. The highest BCUT2D eigenvalue weighted by Gasteiger charge is 1.93. The number of hydrogen-bond donors (Lipinski definition) is 4. The van der Waals surface area contributed by atoms with Gasteiger partial charge in [0, 0.05) is 13.1 Å². The Balaban J connectivity index is 0. The van der Waals surface area contributed by atoms with Crippen LogP contribution in [0.4, 0.5) is 0 Å². The maximum Gasteiger partial charge on any atom is 0.185 e. The Hall–Kier alpha value is -0.970. The summed E-state index contributed by atoms with van der Waals surface area (Å²) >= 11 is 0. The van der Waals surface area contributed by atoms with Gasteiger partial charge in [-0.3, -0.25) is 5.41 Å². The van der Waals surface area contributed by atoms with Gasteiger partial charge in [-0.05, 0) is 11.1 Å². The quantitative estimate of drug-likeness (QED) is 0.477. The lowest BCUT2D eigenvalue weighted by molar-refractivity contribution is 0.894. The third-order valence-corrected chi connectivity index (χ3v) is 1.74. The Labute approximate surface area is 102 Å². The smallest absolute Gasteiger partial charge is 0.185 e. The fraction of sp³-hybridized carbons (Fsp3) is 0.222. The molecule has 15 heavy (non-hydrogen) atoms. The molecule has 0 fully saturated rings. The molecule has 0 saturated carbocycles. The van der Waals surface area contributed by atoms with E-state index in [9.17, 15) is 0 Å². The molecule has 0 spiro atoms. The van der Waals surface area contributed by atoms with Gasteiger partial charge in [0.2, 0.25) is 0 Å². The van der Waals surface area contributed by atoms with Gasteiger partial charge in [0.05, 0.1) is 0 Å². The Morgan fingerprint density at radius 2 is 1.60 bits per heavy atom. The third kappa shape index (κ3) is 6.17. The van der Waals surface area contributed by atoms with Gasteiger partial charge in [-0.25, -0.2) is 0 Å². The monoisotopic (exact) mass is 250 g/mol. The molecule has 1 aromatic rings. The molecule has 1 rings (SSSR count). The average molecular weight is 251 g/mol. The van der Waals surface area contributed by atoms with Crippen LogP contribution in [0.15, 0.2) is 24.3 Å². The molecule has 86 valence electrons. The molecule has 0 saturated heterocycles. The van der Waals surface area contributed by atoms with E-state index < -0.39 is 0 Å². The molecule has 0 aliphatic rings. The van der Waals surface area contributed by atoms with Crippen LogP contribution in [0.1, 0.15) is 11.1 Å². The molecule has 0 aliphatic carbocycles. The summed E-state index contributed by atoms with van der Waals surface area (Å²) in [6.07, 6.45) is 0. The van der Waals surface area contributed by atoms with E-state index in [1.807, 2.05) is 24.3 Å². The zero-order chi connectivity index (χ0) is 9.68. The topological polar surface area (TPSA) is 87.9 Å². The van der Waals surface area contributed by atoms with Crippen molar-refractivity contribution < 1.29 is 0 Å². The number of rotatable bonds is 3. The minimum atomic E-state index is -0.0112. The molecule has 0 unspecified atom stereocenters. The van der Waals surface area contributed by atoms with Crippen LogP contribution in [-0.4, -0.2) is 5.96 Å². The first kappa shape index (κ1) is 16.5. The van der Waals surface area contributed by atoms with Crippen LogP contribution in [0.2, 0.25) is 0 Å². The Kier molecular flexibility index (Phi) is 9.16. The first-order chi connectivity index (χ1) is 6.22. The summed E-state index contributed by atoms with van der Waals surface area (Å²) in [5, 5.41) is 9.70. The molecular weight excluding hydrogens is 235 g/mol. The van der Waals surface area contributed by atoms with Gasteiger partial charge < -0.3 is 16.8 Å². The summed E-state index contributed by atoms with van der Waals surface area (Å²) in [6, 6.07) is 7.88. The summed E-state index contributed by atoms with van der Waals surface area (Å²) in [6.45, 7) is 1.14. The molecule has 1 aromatic carbocycles. The number of benzene rings is 1. The molecule has 0 aliphatic heterocycles. The number of guanidine groups is 1. The predicted molar refractivity (Wildman–Crippen MR) is 67.6 cm³/mol. The van der Waals surface area contributed by atoms with Crippen molar-refractivity contribution >= 4 is 30.8 Å². The highest BCUT2D eigenvalue weighted by molar-refractivity contribution is 5.85. The highest BCUT2D eigenvalue weighted by atomic mass is 35.5. The van der Waals surface area contributed by atoms with Crippen LogP contribution >= 0.6 is 24.8 Å². The van der Waals surface area contributed by atoms with Crippen LogP contribution in [0, 0.1) is 5.41 Å². The largest absolute Gasteiger partial charge is 0.370 e. The number of hydrogen-bond acceptors (Lipinski definition) is 2. The van der Waals surface area contributed by atoms with Gasteiger partial charge in [-0.15, -0.1) is 24.8 Å². The Morgan fingerprint density at radius 3 is 2.00 bits per heavy atom. The van der Waals surface area contributed by atoms with Gasteiger partial charge in [0.25, 0.3) is 0 Å². The van der Waals surface area contributed by atoms with Gasteiger partial charge in [-0.2, -0.15) is 0 Å². The van der Waals surface area contributed by atoms with Crippen molar-refractivity contribution in [2.24, 2.45) is 11.5 Å². The maximum atomic E-state index is 6.97. The van der Waals surface area contributed by atoms with Crippen LogP contribution in [0.25, 0.3) is 0 Å². The average Bonchev–Trinajstić information content (AvgIpc) is 2.15. The summed E-state index contributed by atoms with van der Waals surface area (Å²) in [4.78, 5) is 0. The lowest BCUT2D eigenvalue weighted by Gasteiger charge is -2.04. The second-order valence-electron chi connectivity index (χ2n) is 2.79. The standard InChI is InChI=1S/C9H14N4.2ClH/c10-5-7-1-3-8(4-2-7)6-13-9(11)12;;/h1-4H,5-6,10H2,(H4,11,12,13);2*1H. The first-order valence-electron chi connectivity index (χ1n) is 4.08. The first-order valence-corrected chi connectivity index (χ1v) is 4.08. The number of halogens is 2. The highest BCUT2D eigenvalue weighted by Crippen LogP contribution is 2.02. The van der Waals surface area contributed by atoms with E-state index in [0.717, 1.165) is 11.1 Å². The zero-order valence-corrected chi connectivity index (χ0v) is 9.83. The minimum absolute atomic E-state index is 0. The number of nitrogens with one attached hydrogen (secondary N) is 2. The lowest BCUT2D eigenvalue weighted by atomic mass is 10.1. The van der Waals surface area contributed by atoms with Crippen molar-refractivity contribution in [2.45, 2.75) is 13.1 Å². The van der Waals surface area contributed by atoms with E-state index in [4.69, 9.17) is 16.9 Å². The molecule has 0 radical (unpaired) electrons. The van der Waals surface area contributed by atoms with E-state index in [-0.39, 0.29) is 30.8 Å². The summed E-state index contributed by atoms with van der Waals surface area (Å²) in [5.41, 5.74) is 12.8. The van der Waals surface area contributed by atoms with Crippen molar-refractivity contribution in [1.82, 2.24) is 5.32 Å². The predicted octanol–water partition coefficient (Wildman–Crippen LogP) is 0.972. The molecule has 0 bridgehead atoms. The van der Waals surface area contributed by atoms with Crippen molar-refractivity contribution in [3.8, 4) is 0 Å². The third-order valence-electron chi connectivity index (χ3n) is 1.74. The summed E-state index contributed by atoms with van der Waals surface area (Å²) in [7, 11) is 0. The van der Waals surface area contributed by atoms with E-state index >= 15 is 0 Å². The number of nitrogens with two attached hydrogens (primary N) is 2. The molecule has 0 atom stereocenters. The molecule has 0 amide bonds. The van der Waals surface area contributed by atoms with Crippen LogP contribution in [-0.2, 0) is 13.1 Å².